The van der Waals surface area contributed by atoms with Crippen molar-refractivity contribution in [2.24, 2.45) is 5.73 Å². The number of primary amides is 1. The molecule has 0 aromatic heterocycles. The lowest BCUT2D eigenvalue weighted by Gasteiger charge is -2.17. The molecule has 0 aliphatic heterocycles. The Morgan fingerprint density at radius 2 is 2.31 bits per heavy atom. The van der Waals surface area contributed by atoms with Crippen LogP contribution in [0.2, 0.25) is 0 Å². The van der Waals surface area contributed by atoms with Crippen LogP contribution in [0.25, 0.3) is 0 Å². The summed E-state index contributed by atoms with van der Waals surface area (Å²) in [5.41, 5.74) is 6.89. The molecule has 0 aliphatic rings. The molecule has 0 spiro atoms. The molecule has 1 unspecified atom stereocenters. The van der Waals surface area contributed by atoms with Crippen LogP contribution in [0.5, 0.6) is 0 Å². The van der Waals surface area contributed by atoms with Gasteiger partial charge in [0.15, 0.2) is 6.10 Å². The van der Waals surface area contributed by atoms with Crippen LogP contribution in [0.1, 0.15) is 18.6 Å². The van der Waals surface area contributed by atoms with Crippen LogP contribution in [0.15, 0.2) is 22.7 Å². The highest BCUT2D eigenvalue weighted by Gasteiger charge is 2.20. The van der Waals surface area contributed by atoms with Gasteiger partial charge in [0, 0.05) is 29.4 Å². The average Bonchev–Trinajstić information content (AvgIpc) is 2.22. The lowest BCUT2D eigenvalue weighted by Crippen LogP contribution is -2.23. The van der Waals surface area contributed by atoms with Gasteiger partial charge in [-0.15, -0.1) is 0 Å². The average molecular weight is 287 g/mol. The molecule has 16 heavy (non-hydrogen) atoms. The number of hydrogen-bond acceptors (Lipinski definition) is 3. The smallest absolute Gasteiger partial charge is 0.251 e. The van der Waals surface area contributed by atoms with Crippen LogP contribution in [-0.2, 0) is 9.53 Å². The molecule has 4 nitrogen and oxygen atoms in total. The fourth-order valence-corrected chi connectivity index (χ4v) is 1.88. The van der Waals surface area contributed by atoms with Gasteiger partial charge in [0.1, 0.15) is 0 Å². The largest absolute Gasteiger partial charge is 0.385 e. The third-order valence-electron chi connectivity index (χ3n) is 2.16. The van der Waals surface area contributed by atoms with Crippen molar-refractivity contribution in [2.75, 3.05) is 19.0 Å². The first-order valence-electron chi connectivity index (χ1n) is 4.95. The second kappa shape index (κ2) is 5.86. The topological polar surface area (TPSA) is 64.3 Å². The normalized spacial score (nSPS) is 12.2. The number of ether oxygens (including phenoxy) is 1. The second-order valence-electron chi connectivity index (χ2n) is 3.28. The number of nitrogens with one attached hydrogen (secondary N) is 1. The lowest BCUT2D eigenvalue weighted by atomic mass is 10.1. The van der Waals surface area contributed by atoms with Gasteiger partial charge < -0.3 is 15.8 Å². The fourth-order valence-electron chi connectivity index (χ4n) is 1.50. The number of amides is 1. The van der Waals surface area contributed by atoms with Gasteiger partial charge in [-0.05, 0) is 25.1 Å². The highest BCUT2D eigenvalue weighted by molar-refractivity contribution is 9.10. The Balaban J connectivity index is 3.16. The minimum Gasteiger partial charge on any atom is -0.385 e. The summed E-state index contributed by atoms with van der Waals surface area (Å²) in [7, 11) is 1.46. The molecular weight excluding hydrogens is 272 g/mol. The summed E-state index contributed by atoms with van der Waals surface area (Å²) in [5.74, 6) is -0.500. The molecular formula is C11H15BrN2O2. The van der Waals surface area contributed by atoms with Crippen molar-refractivity contribution in [1.82, 2.24) is 0 Å². The van der Waals surface area contributed by atoms with Gasteiger partial charge in [-0.1, -0.05) is 15.9 Å². The summed E-state index contributed by atoms with van der Waals surface area (Å²) >= 11 is 3.36. The van der Waals surface area contributed by atoms with Gasteiger partial charge in [-0.2, -0.15) is 0 Å². The van der Waals surface area contributed by atoms with E-state index in [0.29, 0.717) is 0 Å². The molecule has 0 radical (unpaired) electrons. The van der Waals surface area contributed by atoms with Gasteiger partial charge >= 0.3 is 0 Å². The van der Waals surface area contributed by atoms with Crippen molar-refractivity contribution in [3.05, 3.63) is 28.2 Å². The summed E-state index contributed by atoms with van der Waals surface area (Å²) in [6.45, 7) is 2.75. The van der Waals surface area contributed by atoms with Crippen molar-refractivity contribution in [1.29, 1.82) is 0 Å². The van der Waals surface area contributed by atoms with Crippen molar-refractivity contribution >= 4 is 27.5 Å². The van der Waals surface area contributed by atoms with E-state index in [1.165, 1.54) is 7.11 Å². The number of anilines is 1. The summed E-state index contributed by atoms with van der Waals surface area (Å²) in [6, 6.07) is 5.62. The zero-order valence-electron chi connectivity index (χ0n) is 9.29. The van der Waals surface area contributed by atoms with E-state index in [9.17, 15) is 4.79 Å². The Labute approximate surface area is 103 Å². The zero-order valence-corrected chi connectivity index (χ0v) is 10.9. The van der Waals surface area contributed by atoms with E-state index >= 15 is 0 Å². The molecule has 0 bridgehead atoms. The fraction of sp³-hybridized carbons (Fsp3) is 0.364. The minimum absolute atomic E-state index is 0.500. The van der Waals surface area contributed by atoms with Crippen LogP contribution in [0.3, 0.4) is 0 Å². The van der Waals surface area contributed by atoms with Crippen LogP contribution < -0.4 is 11.1 Å². The first kappa shape index (κ1) is 13.0. The molecule has 0 heterocycles. The van der Waals surface area contributed by atoms with Crippen LogP contribution in [0.4, 0.5) is 5.69 Å². The standard InChI is InChI=1S/C11H15BrN2O2/c1-3-14-9-5-4-7(12)6-8(9)10(16-2)11(13)15/h4-6,10,14H,3H2,1-2H3,(H2,13,15). The molecule has 1 amide bonds. The van der Waals surface area contributed by atoms with Gasteiger partial charge in [-0.3, -0.25) is 4.79 Å². The molecule has 0 fully saturated rings. The van der Waals surface area contributed by atoms with Gasteiger partial charge in [0.05, 0.1) is 0 Å². The van der Waals surface area contributed by atoms with Crippen LogP contribution in [-0.4, -0.2) is 19.6 Å². The third-order valence-corrected chi connectivity index (χ3v) is 2.65. The maximum atomic E-state index is 11.3. The molecule has 5 heteroatoms. The Morgan fingerprint density at radius 1 is 1.62 bits per heavy atom. The van der Waals surface area contributed by atoms with Gasteiger partial charge in [0.25, 0.3) is 5.91 Å². The Hall–Kier alpha value is -1.07. The van der Waals surface area contributed by atoms with Crippen molar-refractivity contribution in [3.63, 3.8) is 0 Å². The van der Waals surface area contributed by atoms with E-state index in [-0.39, 0.29) is 0 Å². The molecule has 1 aromatic carbocycles. The summed E-state index contributed by atoms with van der Waals surface area (Å²) in [6.07, 6.45) is -0.730. The van der Waals surface area contributed by atoms with E-state index in [1.807, 2.05) is 25.1 Å². The third kappa shape index (κ3) is 2.96. The minimum atomic E-state index is -0.730. The first-order chi connectivity index (χ1) is 7.60. The zero-order chi connectivity index (χ0) is 12.1. The van der Waals surface area contributed by atoms with E-state index in [1.54, 1.807) is 0 Å². The Bertz CT molecular complexity index is 382. The molecule has 3 N–H and O–H groups in total. The summed E-state index contributed by atoms with van der Waals surface area (Å²) < 4.78 is 5.99. The number of carbonyl (C=O) groups excluding carboxylic acids is 1. The monoisotopic (exact) mass is 286 g/mol. The van der Waals surface area contributed by atoms with Crippen molar-refractivity contribution in [3.8, 4) is 0 Å². The quantitative estimate of drug-likeness (QED) is 0.871. The van der Waals surface area contributed by atoms with Crippen molar-refractivity contribution < 1.29 is 9.53 Å². The SMILES string of the molecule is CCNc1ccc(Br)cc1C(OC)C(N)=O. The second-order valence-corrected chi connectivity index (χ2v) is 4.20. The molecule has 0 saturated carbocycles. The Kier molecular flexibility index (Phi) is 4.76. The van der Waals surface area contributed by atoms with Gasteiger partial charge in [0.2, 0.25) is 0 Å². The van der Waals surface area contributed by atoms with Gasteiger partial charge in [-0.25, -0.2) is 0 Å². The molecule has 1 atom stereocenters. The molecule has 1 aromatic rings. The number of rotatable bonds is 5. The molecule has 0 saturated heterocycles. The highest BCUT2D eigenvalue weighted by Crippen LogP contribution is 2.28. The lowest BCUT2D eigenvalue weighted by molar-refractivity contribution is -0.128. The molecule has 0 aliphatic carbocycles. The number of benzene rings is 1. The predicted molar refractivity (Wildman–Crippen MR) is 67.3 cm³/mol. The van der Waals surface area contributed by atoms with E-state index in [4.69, 9.17) is 10.5 Å². The summed E-state index contributed by atoms with van der Waals surface area (Å²) in [4.78, 5) is 11.3. The predicted octanol–water partition coefficient (Wildman–Crippen LogP) is 2.05. The Morgan fingerprint density at radius 3 is 2.81 bits per heavy atom. The number of carbonyl (C=O) groups is 1. The number of hydrogen-bond donors (Lipinski definition) is 2. The van der Waals surface area contributed by atoms with Crippen LogP contribution in [0, 0.1) is 0 Å². The number of halogens is 1. The first-order valence-corrected chi connectivity index (χ1v) is 5.74. The number of nitrogens with two attached hydrogens (primary N) is 1. The van der Waals surface area contributed by atoms with Crippen molar-refractivity contribution in [2.45, 2.75) is 13.0 Å². The van der Waals surface area contributed by atoms with E-state index in [2.05, 4.69) is 21.2 Å². The molecule has 88 valence electrons. The van der Waals surface area contributed by atoms with E-state index in [0.717, 1.165) is 22.3 Å². The highest BCUT2D eigenvalue weighted by atomic mass is 79.9. The maximum Gasteiger partial charge on any atom is 0.251 e. The summed E-state index contributed by atoms with van der Waals surface area (Å²) in [5, 5.41) is 3.16. The van der Waals surface area contributed by atoms with E-state index < -0.39 is 12.0 Å². The maximum absolute atomic E-state index is 11.3. The van der Waals surface area contributed by atoms with Crippen LogP contribution >= 0.6 is 15.9 Å². The number of methoxy groups -OCH3 is 1. The molecule has 1 rings (SSSR count).